The average Bonchev–Trinajstić information content (AvgIpc) is 3.01. The lowest BCUT2D eigenvalue weighted by molar-refractivity contribution is 0.475. The SMILES string of the molecule is Oc1ccc(/C=N/n2cc(-c3ccccc3)c3ccccc32)cc1. The van der Waals surface area contributed by atoms with E-state index in [1.54, 1.807) is 18.3 Å². The second-order valence-electron chi connectivity index (χ2n) is 5.61. The van der Waals surface area contributed by atoms with Crippen molar-refractivity contribution in [2.24, 2.45) is 5.10 Å². The van der Waals surface area contributed by atoms with E-state index < -0.39 is 0 Å². The van der Waals surface area contributed by atoms with Crippen molar-refractivity contribution in [3.8, 4) is 16.9 Å². The van der Waals surface area contributed by atoms with Gasteiger partial charge in [-0.2, -0.15) is 5.10 Å². The van der Waals surface area contributed by atoms with Gasteiger partial charge in [0, 0.05) is 17.1 Å². The van der Waals surface area contributed by atoms with Crippen LogP contribution in [0.2, 0.25) is 0 Å². The largest absolute Gasteiger partial charge is 0.508 e. The van der Waals surface area contributed by atoms with E-state index in [2.05, 4.69) is 35.6 Å². The summed E-state index contributed by atoms with van der Waals surface area (Å²) in [6, 6.07) is 25.5. The van der Waals surface area contributed by atoms with E-state index in [0.717, 1.165) is 16.6 Å². The highest BCUT2D eigenvalue weighted by Crippen LogP contribution is 2.30. The van der Waals surface area contributed by atoms with E-state index in [-0.39, 0.29) is 5.75 Å². The molecule has 0 amide bonds. The minimum absolute atomic E-state index is 0.255. The molecule has 0 aliphatic rings. The van der Waals surface area contributed by atoms with Gasteiger partial charge in [0.2, 0.25) is 0 Å². The third kappa shape index (κ3) is 2.68. The highest BCUT2D eigenvalue weighted by atomic mass is 16.3. The zero-order valence-electron chi connectivity index (χ0n) is 13.0. The Kier molecular flexibility index (Phi) is 3.60. The number of fused-ring (bicyclic) bond motifs is 1. The Labute approximate surface area is 140 Å². The van der Waals surface area contributed by atoms with Crippen molar-refractivity contribution in [1.82, 2.24) is 4.68 Å². The second kappa shape index (κ2) is 6.05. The number of hydrogen-bond donors (Lipinski definition) is 1. The first-order valence-corrected chi connectivity index (χ1v) is 7.80. The van der Waals surface area contributed by atoms with Crippen molar-refractivity contribution in [2.75, 3.05) is 0 Å². The first-order chi connectivity index (χ1) is 11.8. The van der Waals surface area contributed by atoms with Gasteiger partial charge in [-0.3, -0.25) is 0 Å². The molecule has 0 fully saturated rings. The highest BCUT2D eigenvalue weighted by molar-refractivity contribution is 5.96. The fraction of sp³-hybridized carbons (Fsp3) is 0. The summed E-state index contributed by atoms with van der Waals surface area (Å²) in [5.74, 6) is 0.255. The van der Waals surface area contributed by atoms with E-state index in [1.165, 1.54) is 10.9 Å². The van der Waals surface area contributed by atoms with Crippen molar-refractivity contribution < 1.29 is 5.11 Å². The third-order valence-electron chi connectivity index (χ3n) is 4.00. The van der Waals surface area contributed by atoms with Crippen molar-refractivity contribution in [2.45, 2.75) is 0 Å². The zero-order valence-corrected chi connectivity index (χ0v) is 13.0. The van der Waals surface area contributed by atoms with Gasteiger partial charge in [-0.05, 0) is 41.5 Å². The van der Waals surface area contributed by atoms with Crippen LogP contribution in [0.25, 0.3) is 22.0 Å². The molecule has 0 bridgehead atoms. The normalized spacial score (nSPS) is 11.3. The van der Waals surface area contributed by atoms with Crippen LogP contribution in [0.3, 0.4) is 0 Å². The van der Waals surface area contributed by atoms with Crippen LogP contribution in [0, 0.1) is 0 Å². The lowest BCUT2D eigenvalue weighted by atomic mass is 10.1. The van der Waals surface area contributed by atoms with Gasteiger partial charge in [-0.1, -0.05) is 48.5 Å². The van der Waals surface area contributed by atoms with Crippen LogP contribution in [0.5, 0.6) is 5.75 Å². The standard InChI is InChI=1S/C21H16N2O/c24-18-12-10-16(11-13-18)14-22-23-15-20(17-6-2-1-3-7-17)19-8-4-5-9-21(19)23/h1-15,24H/b22-14+. The Bertz CT molecular complexity index is 999. The molecule has 0 spiro atoms. The molecule has 24 heavy (non-hydrogen) atoms. The van der Waals surface area contributed by atoms with Crippen molar-refractivity contribution in [1.29, 1.82) is 0 Å². The van der Waals surface area contributed by atoms with E-state index in [9.17, 15) is 5.11 Å². The number of aromatic nitrogens is 1. The minimum Gasteiger partial charge on any atom is -0.508 e. The summed E-state index contributed by atoms with van der Waals surface area (Å²) >= 11 is 0. The molecule has 0 atom stereocenters. The molecule has 3 aromatic carbocycles. The average molecular weight is 312 g/mol. The highest BCUT2D eigenvalue weighted by Gasteiger charge is 2.08. The number of rotatable bonds is 3. The Balaban J connectivity index is 1.80. The van der Waals surface area contributed by atoms with Crippen LogP contribution in [0.1, 0.15) is 5.56 Å². The van der Waals surface area contributed by atoms with Crippen molar-refractivity contribution in [3.63, 3.8) is 0 Å². The Morgan fingerprint density at radius 2 is 1.50 bits per heavy atom. The Morgan fingerprint density at radius 1 is 0.792 bits per heavy atom. The van der Waals surface area contributed by atoms with Gasteiger partial charge in [0.25, 0.3) is 0 Å². The molecule has 1 heterocycles. The van der Waals surface area contributed by atoms with Crippen LogP contribution in [-0.2, 0) is 0 Å². The summed E-state index contributed by atoms with van der Waals surface area (Å²) in [6.45, 7) is 0. The minimum atomic E-state index is 0.255. The number of phenols is 1. The predicted octanol–water partition coefficient (Wildman–Crippen LogP) is 4.90. The van der Waals surface area contributed by atoms with Crippen LogP contribution >= 0.6 is 0 Å². The lowest BCUT2D eigenvalue weighted by Gasteiger charge is -1.97. The van der Waals surface area contributed by atoms with E-state index in [1.807, 2.05) is 47.1 Å². The molecule has 0 unspecified atom stereocenters. The van der Waals surface area contributed by atoms with Gasteiger partial charge in [0.05, 0.1) is 11.7 Å². The molecule has 3 nitrogen and oxygen atoms in total. The molecule has 0 saturated carbocycles. The van der Waals surface area contributed by atoms with Gasteiger partial charge < -0.3 is 5.11 Å². The van der Waals surface area contributed by atoms with E-state index >= 15 is 0 Å². The molecule has 1 N–H and O–H groups in total. The van der Waals surface area contributed by atoms with Crippen LogP contribution in [-0.4, -0.2) is 16.0 Å². The number of phenolic OH excluding ortho intramolecular Hbond substituents is 1. The van der Waals surface area contributed by atoms with Crippen molar-refractivity contribution >= 4 is 17.1 Å². The molecular weight excluding hydrogens is 296 g/mol. The molecule has 0 radical (unpaired) electrons. The first kappa shape index (κ1) is 14.3. The summed E-state index contributed by atoms with van der Waals surface area (Å²) in [4.78, 5) is 0. The fourth-order valence-electron chi connectivity index (χ4n) is 2.80. The quantitative estimate of drug-likeness (QED) is 0.537. The first-order valence-electron chi connectivity index (χ1n) is 7.80. The number of aromatic hydroxyl groups is 1. The summed E-state index contributed by atoms with van der Waals surface area (Å²) in [7, 11) is 0. The zero-order chi connectivity index (χ0) is 16.4. The molecule has 4 rings (SSSR count). The molecule has 4 aromatic rings. The van der Waals surface area contributed by atoms with E-state index in [0.29, 0.717) is 0 Å². The Hall–Kier alpha value is -3.33. The smallest absolute Gasteiger partial charge is 0.115 e. The van der Waals surface area contributed by atoms with Gasteiger partial charge in [-0.25, -0.2) is 4.68 Å². The lowest BCUT2D eigenvalue weighted by Crippen LogP contribution is -1.88. The molecule has 0 aliphatic heterocycles. The number of hydrogen-bond acceptors (Lipinski definition) is 2. The van der Waals surface area contributed by atoms with Crippen LogP contribution < -0.4 is 0 Å². The maximum absolute atomic E-state index is 9.36. The Morgan fingerprint density at radius 3 is 2.29 bits per heavy atom. The molecular formula is C21H16N2O. The second-order valence-corrected chi connectivity index (χ2v) is 5.61. The maximum atomic E-state index is 9.36. The van der Waals surface area contributed by atoms with Crippen LogP contribution in [0.15, 0.2) is 90.2 Å². The molecule has 1 aromatic heterocycles. The molecule has 3 heteroatoms. The summed E-state index contributed by atoms with van der Waals surface area (Å²) in [6.07, 6.45) is 3.84. The van der Waals surface area contributed by atoms with Gasteiger partial charge in [-0.15, -0.1) is 0 Å². The topological polar surface area (TPSA) is 37.5 Å². The summed E-state index contributed by atoms with van der Waals surface area (Å²) in [5.41, 5.74) is 4.33. The molecule has 0 saturated heterocycles. The molecule has 0 aliphatic carbocycles. The van der Waals surface area contributed by atoms with Crippen molar-refractivity contribution in [3.05, 3.63) is 90.6 Å². The number of para-hydroxylation sites is 1. The van der Waals surface area contributed by atoms with Crippen LogP contribution in [0.4, 0.5) is 0 Å². The summed E-state index contributed by atoms with van der Waals surface area (Å²) in [5, 5.41) is 15.1. The maximum Gasteiger partial charge on any atom is 0.115 e. The monoisotopic (exact) mass is 312 g/mol. The van der Waals surface area contributed by atoms with Gasteiger partial charge >= 0.3 is 0 Å². The van der Waals surface area contributed by atoms with Gasteiger partial charge in [0.15, 0.2) is 0 Å². The molecule has 116 valence electrons. The van der Waals surface area contributed by atoms with Gasteiger partial charge in [0.1, 0.15) is 5.75 Å². The summed E-state index contributed by atoms with van der Waals surface area (Å²) < 4.78 is 1.89. The fourth-order valence-corrected chi connectivity index (χ4v) is 2.80. The third-order valence-corrected chi connectivity index (χ3v) is 4.00. The van der Waals surface area contributed by atoms with E-state index in [4.69, 9.17) is 0 Å². The predicted molar refractivity (Wildman–Crippen MR) is 98.5 cm³/mol. The number of benzene rings is 3. The number of nitrogens with zero attached hydrogens (tertiary/aromatic N) is 2.